The summed E-state index contributed by atoms with van der Waals surface area (Å²) >= 11 is 0. The Morgan fingerprint density at radius 1 is 1.17 bits per heavy atom. The van der Waals surface area contributed by atoms with Gasteiger partial charge in [-0.15, -0.1) is 0 Å². The Bertz CT molecular complexity index is 423. The molecule has 5 nitrogen and oxygen atoms in total. The van der Waals surface area contributed by atoms with Crippen LogP contribution in [-0.4, -0.2) is 49.2 Å². The maximum atomic E-state index is 13.4. The molecule has 2 bridgehead atoms. The van der Waals surface area contributed by atoms with Crippen LogP contribution < -0.4 is 16.1 Å². The molecular formula is C16H28F2N4O. The van der Waals surface area contributed by atoms with Crippen LogP contribution in [0, 0.1) is 17.8 Å². The molecule has 23 heavy (non-hydrogen) atoms. The van der Waals surface area contributed by atoms with Crippen LogP contribution in [0.5, 0.6) is 0 Å². The van der Waals surface area contributed by atoms with E-state index in [2.05, 4.69) is 16.1 Å². The molecule has 3 fully saturated rings. The molecule has 0 aliphatic carbocycles. The van der Waals surface area contributed by atoms with Gasteiger partial charge in [0.2, 0.25) is 5.91 Å². The van der Waals surface area contributed by atoms with Crippen LogP contribution in [0.25, 0.3) is 0 Å². The van der Waals surface area contributed by atoms with Crippen LogP contribution in [0.1, 0.15) is 39.0 Å². The summed E-state index contributed by atoms with van der Waals surface area (Å²) < 4.78 is 26.8. The van der Waals surface area contributed by atoms with Crippen LogP contribution in [-0.2, 0) is 4.79 Å². The monoisotopic (exact) mass is 330 g/mol. The number of alkyl halides is 2. The number of nitrogens with zero attached hydrogens (tertiary/aromatic N) is 1. The minimum absolute atomic E-state index is 0.00110. The first-order valence-corrected chi connectivity index (χ1v) is 8.87. The molecule has 0 aromatic carbocycles. The number of fused-ring (bicyclic) bond motifs is 4. The molecule has 1 amide bonds. The zero-order chi connectivity index (χ0) is 16.4. The van der Waals surface area contributed by atoms with Crippen molar-refractivity contribution in [2.75, 3.05) is 19.6 Å². The summed E-state index contributed by atoms with van der Waals surface area (Å²) in [6, 6.07) is -0.593. The van der Waals surface area contributed by atoms with E-state index in [0.29, 0.717) is 12.5 Å². The molecule has 0 aromatic heterocycles. The quantitative estimate of drug-likeness (QED) is 0.635. The van der Waals surface area contributed by atoms with E-state index in [0.717, 1.165) is 50.2 Å². The normalized spacial score (nSPS) is 40.2. The molecule has 0 spiro atoms. The molecule has 3 rings (SSSR count). The summed E-state index contributed by atoms with van der Waals surface area (Å²) in [7, 11) is 0. The Kier molecular flexibility index (Phi) is 5.49. The Hall–Kier alpha value is -0.790. The fourth-order valence-corrected chi connectivity index (χ4v) is 4.40. The highest BCUT2D eigenvalue weighted by Gasteiger charge is 2.45. The van der Waals surface area contributed by atoms with E-state index in [1.54, 1.807) is 0 Å². The lowest BCUT2D eigenvalue weighted by atomic mass is 9.80. The van der Waals surface area contributed by atoms with Crippen LogP contribution >= 0.6 is 0 Å². The van der Waals surface area contributed by atoms with Gasteiger partial charge in [-0.3, -0.25) is 4.79 Å². The van der Waals surface area contributed by atoms with Gasteiger partial charge in [0.15, 0.2) is 0 Å². The lowest BCUT2D eigenvalue weighted by Gasteiger charge is -2.39. The third-order valence-corrected chi connectivity index (χ3v) is 5.67. The van der Waals surface area contributed by atoms with Crippen LogP contribution in [0.4, 0.5) is 8.78 Å². The highest BCUT2D eigenvalue weighted by atomic mass is 19.3. The van der Waals surface area contributed by atoms with E-state index >= 15 is 0 Å². The van der Waals surface area contributed by atoms with Crippen LogP contribution in [0.3, 0.4) is 0 Å². The minimum Gasteiger partial charge on any atom is -0.350 e. The van der Waals surface area contributed by atoms with E-state index in [9.17, 15) is 13.6 Å². The molecular weight excluding hydrogens is 302 g/mol. The fourth-order valence-electron chi connectivity index (χ4n) is 4.40. The van der Waals surface area contributed by atoms with E-state index in [-0.39, 0.29) is 29.8 Å². The third kappa shape index (κ3) is 3.83. The smallest absolute Gasteiger partial charge is 0.307 e. The van der Waals surface area contributed by atoms with E-state index < -0.39 is 6.55 Å². The summed E-state index contributed by atoms with van der Waals surface area (Å²) in [6.07, 6.45) is 5.13. The number of amides is 1. The molecule has 3 aliphatic rings. The van der Waals surface area contributed by atoms with Crippen LogP contribution in [0.2, 0.25) is 0 Å². The van der Waals surface area contributed by atoms with Crippen molar-refractivity contribution in [3.63, 3.8) is 0 Å². The van der Waals surface area contributed by atoms with Gasteiger partial charge in [0, 0.05) is 12.5 Å². The molecule has 0 saturated carbocycles. The van der Waals surface area contributed by atoms with Gasteiger partial charge in [-0.25, -0.2) is 5.43 Å². The van der Waals surface area contributed by atoms with Gasteiger partial charge in [0.25, 0.3) is 0 Å². The summed E-state index contributed by atoms with van der Waals surface area (Å²) in [5.41, 5.74) is 2.81. The average Bonchev–Trinajstić information content (AvgIpc) is 2.94. The number of nitrogens with one attached hydrogen (secondary N) is 3. The predicted octanol–water partition coefficient (Wildman–Crippen LogP) is 1.32. The average molecular weight is 330 g/mol. The molecule has 132 valence electrons. The summed E-state index contributed by atoms with van der Waals surface area (Å²) in [5.74, 6) is 0.644. The van der Waals surface area contributed by atoms with Crippen molar-refractivity contribution in [2.45, 2.75) is 57.7 Å². The predicted molar refractivity (Wildman–Crippen MR) is 83.7 cm³/mol. The third-order valence-electron chi connectivity index (χ3n) is 5.67. The number of hydrogen-bond acceptors (Lipinski definition) is 4. The minimum atomic E-state index is -2.55. The Morgan fingerprint density at radius 3 is 2.74 bits per heavy atom. The second kappa shape index (κ2) is 7.40. The number of carbonyl (C=O) groups excluding carboxylic acids is 1. The SMILES string of the molecule is CC1CCCCC2CNCC(C2)C2C(CNN2C(F)F)NC1=O. The molecule has 3 N–H and O–H groups in total. The zero-order valence-corrected chi connectivity index (χ0v) is 13.7. The highest BCUT2D eigenvalue weighted by molar-refractivity contribution is 5.78. The number of carbonyl (C=O) groups is 1. The van der Waals surface area contributed by atoms with E-state index in [1.165, 1.54) is 0 Å². The van der Waals surface area contributed by atoms with E-state index in [1.807, 2.05) is 6.92 Å². The van der Waals surface area contributed by atoms with Gasteiger partial charge >= 0.3 is 6.55 Å². The van der Waals surface area contributed by atoms with Crippen LogP contribution in [0.15, 0.2) is 0 Å². The molecule has 3 aliphatic heterocycles. The molecule has 0 radical (unpaired) electrons. The number of piperidine rings is 1. The summed E-state index contributed by atoms with van der Waals surface area (Å²) in [5, 5.41) is 7.51. The molecule has 0 aromatic rings. The first-order chi connectivity index (χ1) is 11.1. The lowest BCUT2D eigenvalue weighted by molar-refractivity contribution is -0.126. The van der Waals surface area contributed by atoms with Gasteiger partial charge in [0.05, 0.1) is 12.1 Å². The van der Waals surface area contributed by atoms with Crippen molar-refractivity contribution < 1.29 is 13.6 Å². The number of hydrogen-bond donors (Lipinski definition) is 3. The van der Waals surface area contributed by atoms with Gasteiger partial charge in [-0.05, 0) is 44.2 Å². The fraction of sp³-hybridized carbons (Fsp3) is 0.938. The second-order valence-electron chi connectivity index (χ2n) is 7.36. The molecule has 5 unspecified atom stereocenters. The maximum Gasteiger partial charge on any atom is 0.307 e. The standard InChI is InChI=1S/C16H28F2N4O/c1-10-4-2-3-5-11-6-12(8-19-7-11)14-13(21-15(10)23)9-20-22(14)16(17)18/h10-14,16,19-20H,2-9H2,1H3,(H,21,23). The first-order valence-electron chi connectivity index (χ1n) is 8.87. The van der Waals surface area contributed by atoms with Gasteiger partial charge < -0.3 is 10.6 Å². The molecule has 7 heteroatoms. The molecule has 3 heterocycles. The van der Waals surface area contributed by atoms with Crippen molar-refractivity contribution in [1.82, 2.24) is 21.1 Å². The van der Waals surface area contributed by atoms with Crippen molar-refractivity contribution >= 4 is 5.91 Å². The van der Waals surface area contributed by atoms with Gasteiger partial charge in [0.1, 0.15) is 0 Å². The summed E-state index contributed by atoms with van der Waals surface area (Å²) in [6.45, 7) is 1.50. The first kappa shape index (κ1) is 17.0. The second-order valence-corrected chi connectivity index (χ2v) is 7.36. The Labute approximate surface area is 136 Å². The zero-order valence-electron chi connectivity index (χ0n) is 13.7. The van der Waals surface area contributed by atoms with Crippen molar-refractivity contribution in [3.05, 3.63) is 0 Å². The number of halogens is 2. The van der Waals surface area contributed by atoms with Crippen molar-refractivity contribution in [3.8, 4) is 0 Å². The van der Waals surface area contributed by atoms with E-state index in [4.69, 9.17) is 0 Å². The van der Waals surface area contributed by atoms with Gasteiger partial charge in [-0.2, -0.15) is 13.8 Å². The van der Waals surface area contributed by atoms with Crippen molar-refractivity contribution in [1.29, 1.82) is 0 Å². The number of hydrazine groups is 1. The van der Waals surface area contributed by atoms with Gasteiger partial charge in [-0.1, -0.05) is 19.8 Å². The molecule has 5 atom stereocenters. The van der Waals surface area contributed by atoms with Crippen molar-refractivity contribution in [2.24, 2.45) is 17.8 Å². The Balaban J connectivity index is 1.81. The maximum absolute atomic E-state index is 13.4. The molecule has 3 saturated heterocycles. The highest BCUT2D eigenvalue weighted by Crippen LogP contribution is 2.31. The Morgan fingerprint density at radius 2 is 1.96 bits per heavy atom. The number of rotatable bonds is 1. The lowest BCUT2D eigenvalue weighted by Crippen LogP contribution is -2.56. The summed E-state index contributed by atoms with van der Waals surface area (Å²) in [4.78, 5) is 12.4. The largest absolute Gasteiger partial charge is 0.350 e. The topological polar surface area (TPSA) is 56.4 Å².